The fourth-order valence-corrected chi connectivity index (χ4v) is 2.89. The van der Waals surface area contributed by atoms with Gasteiger partial charge in [-0.1, -0.05) is 18.2 Å². The molecule has 112 valence electrons. The number of para-hydroxylation sites is 1. The average molecular weight is 288 g/mol. The van der Waals surface area contributed by atoms with Crippen LogP contribution in [0.1, 0.15) is 12.8 Å². The summed E-state index contributed by atoms with van der Waals surface area (Å²) in [6, 6.07) is 9.61. The van der Waals surface area contributed by atoms with Gasteiger partial charge in [-0.2, -0.15) is 0 Å². The van der Waals surface area contributed by atoms with Crippen LogP contribution in [0, 0.1) is 5.92 Å². The lowest BCUT2D eigenvalue weighted by atomic mass is 10.0. The summed E-state index contributed by atoms with van der Waals surface area (Å²) in [7, 11) is 0. The Kier molecular flexibility index (Phi) is 4.20. The molecular formula is C16H20N2O3. The van der Waals surface area contributed by atoms with Gasteiger partial charge in [0.25, 0.3) is 0 Å². The fourth-order valence-electron chi connectivity index (χ4n) is 2.89. The van der Waals surface area contributed by atoms with Crippen LogP contribution in [0.5, 0.6) is 0 Å². The van der Waals surface area contributed by atoms with E-state index in [-0.39, 0.29) is 18.4 Å². The van der Waals surface area contributed by atoms with Gasteiger partial charge in [0.1, 0.15) is 6.54 Å². The zero-order valence-electron chi connectivity index (χ0n) is 12.0. The first-order chi connectivity index (χ1) is 10.2. The van der Waals surface area contributed by atoms with Gasteiger partial charge in [-0.05, 0) is 24.5 Å². The second-order valence-electron chi connectivity index (χ2n) is 5.63. The molecule has 0 aromatic heterocycles. The zero-order valence-corrected chi connectivity index (χ0v) is 12.0. The maximum absolute atomic E-state index is 12.3. The van der Waals surface area contributed by atoms with E-state index in [9.17, 15) is 9.59 Å². The van der Waals surface area contributed by atoms with E-state index < -0.39 is 0 Å². The van der Waals surface area contributed by atoms with E-state index in [0.29, 0.717) is 32.0 Å². The summed E-state index contributed by atoms with van der Waals surface area (Å²) < 4.78 is 5.30. The number of hydrogen-bond acceptors (Lipinski definition) is 3. The fraction of sp³-hybridized carbons (Fsp3) is 0.500. The summed E-state index contributed by atoms with van der Waals surface area (Å²) in [5.74, 6) is 0.384. The van der Waals surface area contributed by atoms with Gasteiger partial charge in [-0.15, -0.1) is 0 Å². The van der Waals surface area contributed by atoms with Gasteiger partial charge in [0, 0.05) is 38.4 Å². The highest BCUT2D eigenvalue weighted by molar-refractivity contribution is 5.97. The van der Waals surface area contributed by atoms with E-state index in [1.165, 1.54) is 0 Å². The highest BCUT2D eigenvalue weighted by atomic mass is 16.5. The van der Waals surface area contributed by atoms with Crippen LogP contribution < -0.4 is 4.90 Å². The van der Waals surface area contributed by atoms with Crippen molar-refractivity contribution in [2.24, 2.45) is 5.92 Å². The Balaban J connectivity index is 1.57. The standard InChI is InChI=1S/C16H20N2O3/c19-15(10-13-6-9-21-12-13)17-7-8-18(16(20)11-17)14-4-2-1-3-5-14/h1-5,13H,6-12H2/t13-/m1/s1. The SMILES string of the molecule is O=C(C[C@H]1CCOC1)N1CCN(c2ccccc2)C(=O)C1. The summed E-state index contributed by atoms with van der Waals surface area (Å²) in [6.45, 7) is 2.77. The van der Waals surface area contributed by atoms with Crippen LogP contribution in [0.2, 0.25) is 0 Å². The van der Waals surface area contributed by atoms with Gasteiger partial charge in [0.05, 0.1) is 0 Å². The third-order valence-corrected chi connectivity index (χ3v) is 4.13. The molecule has 0 saturated carbocycles. The Morgan fingerprint density at radius 3 is 2.71 bits per heavy atom. The molecule has 3 rings (SSSR count). The van der Waals surface area contributed by atoms with Crippen LogP contribution in [0.15, 0.2) is 30.3 Å². The summed E-state index contributed by atoms with van der Waals surface area (Å²) in [4.78, 5) is 27.9. The molecule has 0 radical (unpaired) electrons. The molecule has 2 amide bonds. The normalized spacial score (nSPS) is 22.7. The highest BCUT2D eigenvalue weighted by Gasteiger charge is 2.29. The number of anilines is 1. The highest BCUT2D eigenvalue weighted by Crippen LogP contribution is 2.20. The maximum atomic E-state index is 12.3. The molecule has 2 heterocycles. The van der Waals surface area contributed by atoms with Crippen molar-refractivity contribution in [3.05, 3.63) is 30.3 Å². The molecule has 2 aliphatic rings. The lowest BCUT2D eigenvalue weighted by Crippen LogP contribution is -2.52. The number of hydrogen-bond donors (Lipinski definition) is 0. The number of nitrogens with zero attached hydrogens (tertiary/aromatic N) is 2. The van der Waals surface area contributed by atoms with Crippen LogP contribution in [-0.2, 0) is 14.3 Å². The van der Waals surface area contributed by atoms with Crippen molar-refractivity contribution >= 4 is 17.5 Å². The molecule has 2 saturated heterocycles. The predicted molar refractivity (Wildman–Crippen MR) is 78.9 cm³/mol. The maximum Gasteiger partial charge on any atom is 0.246 e. The number of benzene rings is 1. The van der Waals surface area contributed by atoms with Gasteiger partial charge in [-0.25, -0.2) is 0 Å². The van der Waals surface area contributed by atoms with Crippen molar-refractivity contribution in [3.8, 4) is 0 Å². The Morgan fingerprint density at radius 1 is 1.24 bits per heavy atom. The molecule has 0 aliphatic carbocycles. The van der Waals surface area contributed by atoms with Gasteiger partial charge in [0.2, 0.25) is 11.8 Å². The molecule has 21 heavy (non-hydrogen) atoms. The molecule has 5 heteroatoms. The minimum atomic E-state index is -0.0107. The van der Waals surface area contributed by atoms with Crippen molar-refractivity contribution in [1.29, 1.82) is 0 Å². The van der Waals surface area contributed by atoms with Crippen molar-refractivity contribution in [1.82, 2.24) is 4.90 Å². The summed E-state index contributed by atoms with van der Waals surface area (Å²) >= 11 is 0. The van der Waals surface area contributed by atoms with Crippen LogP contribution in [0.25, 0.3) is 0 Å². The second kappa shape index (κ2) is 6.26. The molecule has 2 aliphatic heterocycles. The number of amides is 2. The van der Waals surface area contributed by atoms with E-state index in [2.05, 4.69) is 0 Å². The van der Waals surface area contributed by atoms with Crippen LogP contribution in [-0.4, -0.2) is 49.6 Å². The molecule has 0 unspecified atom stereocenters. The quantitative estimate of drug-likeness (QED) is 0.842. The first-order valence-electron chi connectivity index (χ1n) is 7.45. The minimum Gasteiger partial charge on any atom is -0.381 e. The predicted octanol–water partition coefficient (Wildman–Crippen LogP) is 1.29. The number of carbonyl (C=O) groups excluding carboxylic acids is 2. The molecule has 5 nitrogen and oxygen atoms in total. The Hall–Kier alpha value is -1.88. The zero-order chi connectivity index (χ0) is 14.7. The smallest absolute Gasteiger partial charge is 0.246 e. The average Bonchev–Trinajstić information content (AvgIpc) is 3.01. The summed E-state index contributed by atoms with van der Waals surface area (Å²) in [5.41, 5.74) is 0.902. The van der Waals surface area contributed by atoms with E-state index in [1.807, 2.05) is 30.3 Å². The number of piperazine rings is 1. The molecule has 0 spiro atoms. The minimum absolute atomic E-state index is 0.0107. The molecule has 1 aromatic carbocycles. The molecule has 1 aromatic rings. The van der Waals surface area contributed by atoms with Gasteiger partial charge in [-0.3, -0.25) is 9.59 Å². The van der Waals surface area contributed by atoms with Gasteiger partial charge in [0.15, 0.2) is 0 Å². The Morgan fingerprint density at radius 2 is 2.05 bits per heavy atom. The van der Waals surface area contributed by atoms with Crippen molar-refractivity contribution in [3.63, 3.8) is 0 Å². The number of ether oxygens (including phenoxy) is 1. The third-order valence-electron chi connectivity index (χ3n) is 4.13. The van der Waals surface area contributed by atoms with Crippen LogP contribution >= 0.6 is 0 Å². The topological polar surface area (TPSA) is 49.9 Å². The Bertz CT molecular complexity index is 512. The van der Waals surface area contributed by atoms with Crippen molar-refractivity contribution in [2.45, 2.75) is 12.8 Å². The first kappa shape index (κ1) is 14.1. The molecule has 1 atom stereocenters. The van der Waals surface area contributed by atoms with Crippen LogP contribution in [0.4, 0.5) is 5.69 Å². The van der Waals surface area contributed by atoms with Crippen molar-refractivity contribution in [2.75, 3.05) is 37.7 Å². The number of carbonyl (C=O) groups is 2. The van der Waals surface area contributed by atoms with Crippen LogP contribution in [0.3, 0.4) is 0 Å². The Labute approximate surface area is 124 Å². The lowest BCUT2D eigenvalue weighted by Gasteiger charge is -2.34. The van der Waals surface area contributed by atoms with E-state index in [4.69, 9.17) is 4.74 Å². The molecule has 0 bridgehead atoms. The molecule has 2 fully saturated rings. The third kappa shape index (κ3) is 3.24. The first-order valence-corrected chi connectivity index (χ1v) is 7.45. The summed E-state index contributed by atoms with van der Waals surface area (Å²) in [6.07, 6.45) is 1.45. The van der Waals surface area contributed by atoms with Gasteiger partial charge >= 0.3 is 0 Å². The van der Waals surface area contributed by atoms with E-state index >= 15 is 0 Å². The lowest BCUT2D eigenvalue weighted by molar-refractivity contribution is -0.137. The van der Waals surface area contributed by atoms with Gasteiger partial charge < -0.3 is 14.5 Å². The van der Waals surface area contributed by atoms with Crippen molar-refractivity contribution < 1.29 is 14.3 Å². The number of rotatable bonds is 3. The largest absolute Gasteiger partial charge is 0.381 e. The molecule has 0 N–H and O–H groups in total. The van der Waals surface area contributed by atoms with E-state index in [1.54, 1.807) is 9.80 Å². The molecular weight excluding hydrogens is 268 g/mol. The summed E-state index contributed by atoms with van der Waals surface area (Å²) in [5, 5.41) is 0. The monoisotopic (exact) mass is 288 g/mol. The van der Waals surface area contributed by atoms with E-state index in [0.717, 1.165) is 18.7 Å². The second-order valence-corrected chi connectivity index (χ2v) is 5.63.